The molecule has 0 radical (unpaired) electrons. The first-order chi connectivity index (χ1) is 10.6. The molecule has 2 N–H and O–H groups in total. The van der Waals surface area contributed by atoms with Crippen LogP contribution in [0.4, 0.5) is 0 Å². The van der Waals surface area contributed by atoms with Gasteiger partial charge in [-0.25, -0.2) is 4.98 Å². The molecule has 0 unspecified atom stereocenters. The third-order valence-corrected chi connectivity index (χ3v) is 4.05. The van der Waals surface area contributed by atoms with E-state index < -0.39 is 0 Å². The largest absolute Gasteiger partial charge is 0.378 e. The fourth-order valence-corrected chi connectivity index (χ4v) is 2.82. The SMILES string of the molecule is Cc1cccc2cc([C@H](C)N)nc(C(=O)N3CCOCC3)c12. The number of hydrogen-bond donors (Lipinski definition) is 1. The number of fused-ring (bicyclic) bond motifs is 1. The van der Waals surface area contributed by atoms with Crippen LogP contribution >= 0.6 is 0 Å². The number of carbonyl (C=O) groups is 1. The van der Waals surface area contributed by atoms with E-state index in [4.69, 9.17) is 10.5 Å². The molecule has 2 aromatic rings. The summed E-state index contributed by atoms with van der Waals surface area (Å²) in [5.74, 6) is -0.0369. The van der Waals surface area contributed by atoms with Crippen LogP contribution in [0.15, 0.2) is 24.3 Å². The van der Waals surface area contributed by atoms with E-state index >= 15 is 0 Å². The second-order valence-electron chi connectivity index (χ2n) is 5.76. The highest BCUT2D eigenvalue weighted by Gasteiger charge is 2.23. The van der Waals surface area contributed by atoms with Gasteiger partial charge in [-0.3, -0.25) is 4.79 Å². The number of morpholine rings is 1. The predicted molar refractivity (Wildman–Crippen MR) is 85.8 cm³/mol. The highest BCUT2D eigenvalue weighted by Crippen LogP contribution is 2.25. The maximum absolute atomic E-state index is 12.9. The van der Waals surface area contributed by atoms with Gasteiger partial charge in [-0.05, 0) is 30.9 Å². The zero-order valence-corrected chi connectivity index (χ0v) is 13.0. The lowest BCUT2D eigenvalue weighted by atomic mass is 10.0. The minimum Gasteiger partial charge on any atom is -0.378 e. The average Bonchev–Trinajstić information content (AvgIpc) is 2.54. The minimum atomic E-state index is -0.207. The van der Waals surface area contributed by atoms with Crippen molar-refractivity contribution in [3.8, 4) is 0 Å². The van der Waals surface area contributed by atoms with Crippen LogP contribution in [0.25, 0.3) is 10.8 Å². The normalized spacial score (nSPS) is 16.8. The number of nitrogens with two attached hydrogens (primary N) is 1. The standard InChI is InChI=1S/C17H21N3O2/c1-11-4-3-5-13-10-14(12(2)18)19-16(15(11)13)17(21)20-6-8-22-9-7-20/h3-5,10,12H,6-9,18H2,1-2H3/t12-/m0/s1. The van der Waals surface area contributed by atoms with E-state index in [0.717, 1.165) is 22.0 Å². The summed E-state index contributed by atoms with van der Waals surface area (Å²) in [4.78, 5) is 19.3. The Kier molecular flexibility index (Phi) is 4.09. The summed E-state index contributed by atoms with van der Waals surface area (Å²) in [6.07, 6.45) is 0. The molecule has 2 heterocycles. The average molecular weight is 299 g/mol. The molecule has 22 heavy (non-hydrogen) atoms. The van der Waals surface area contributed by atoms with Crippen molar-refractivity contribution in [1.29, 1.82) is 0 Å². The van der Waals surface area contributed by atoms with Gasteiger partial charge in [0.15, 0.2) is 0 Å². The van der Waals surface area contributed by atoms with Gasteiger partial charge < -0.3 is 15.4 Å². The number of hydrogen-bond acceptors (Lipinski definition) is 4. The van der Waals surface area contributed by atoms with Gasteiger partial charge in [0, 0.05) is 24.5 Å². The Morgan fingerprint density at radius 3 is 2.77 bits per heavy atom. The van der Waals surface area contributed by atoms with Gasteiger partial charge >= 0.3 is 0 Å². The highest BCUT2D eigenvalue weighted by molar-refractivity contribution is 6.06. The molecule has 3 rings (SSSR count). The number of rotatable bonds is 2. The number of nitrogens with zero attached hydrogens (tertiary/aromatic N) is 2. The van der Waals surface area contributed by atoms with Gasteiger partial charge in [0.25, 0.3) is 5.91 Å². The first kappa shape index (κ1) is 14.9. The molecule has 5 heteroatoms. The van der Waals surface area contributed by atoms with Gasteiger partial charge in [-0.1, -0.05) is 18.2 Å². The molecule has 0 saturated carbocycles. The van der Waals surface area contributed by atoms with Crippen molar-refractivity contribution in [2.45, 2.75) is 19.9 Å². The monoisotopic (exact) mass is 299 g/mol. The van der Waals surface area contributed by atoms with Gasteiger partial charge in [0.2, 0.25) is 0 Å². The maximum Gasteiger partial charge on any atom is 0.273 e. The molecular formula is C17H21N3O2. The molecule has 1 aliphatic heterocycles. The molecule has 116 valence electrons. The molecular weight excluding hydrogens is 278 g/mol. The van der Waals surface area contributed by atoms with Gasteiger partial charge in [0.05, 0.1) is 18.9 Å². The summed E-state index contributed by atoms with van der Waals surface area (Å²) in [5.41, 5.74) is 8.29. The summed E-state index contributed by atoms with van der Waals surface area (Å²) in [6.45, 7) is 6.26. The Labute approximate surface area is 130 Å². The number of aromatic nitrogens is 1. The van der Waals surface area contributed by atoms with Crippen molar-refractivity contribution in [2.75, 3.05) is 26.3 Å². The zero-order valence-electron chi connectivity index (χ0n) is 13.0. The summed E-state index contributed by atoms with van der Waals surface area (Å²) >= 11 is 0. The topological polar surface area (TPSA) is 68.5 Å². The summed E-state index contributed by atoms with van der Waals surface area (Å²) in [7, 11) is 0. The molecule has 0 spiro atoms. The fourth-order valence-electron chi connectivity index (χ4n) is 2.82. The molecule has 0 bridgehead atoms. The number of benzene rings is 1. The van der Waals surface area contributed by atoms with Gasteiger partial charge in [0.1, 0.15) is 5.69 Å². The van der Waals surface area contributed by atoms with Gasteiger partial charge in [-0.2, -0.15) is 0 Å². The Morgan fingerprint density at radius 1 is 1.36 bits per heavy atom. The van der Waals surface area contributed by atoms with Crippen molar-refractivity contribution in [1.82, 2.24) is 9.88 Å². The van der Waals surface area contributed by atoms with Crippen LogP contribution in [0.3, 0.4) is 0 Å². The molecule has 1 amide bonds. The van der Waals surface area contributed by atoms with E-state index in [9.17, 15) is 4.79 Å². The Bertz CT molecular complexity index is 706. The van der Waals surface area contributed by atoms with Crippen LogP contribution in [0.5, 0.6) is 0 Å². The second-order valence-corrected chi connectivity index (χ2v) is 5.76. The van der Waals surface area contributed by atoms with Crippen molar-refractivity contribution >= 4 is 16.7 Å². The van der Waals surface area contributed by atoms with Crippen molar-refractivity contribution in [3.05, 3.63) is 41.2 Å². The smallest absolute Gasteiger partial charge is 0.273 e. The van der Waals surface area contributed by atoms with E-state index in [1.54, 1.807) is 0 Å². The lowest BCUT2D eigenvalue weighted by Crippen LogP contribution is -2.41. The number of ether oxygens (including phenoxy) is 1. The van der Waals surface area contributed by atoms with E-state index in [1.165, 1.54) is 0 Å². The molecule has 1 aliphatic rings. The van der Waals surface area contributed by atoms with Crippen LogP contribution in [0.2, 0.25) is 0 Å². The number of pyridine rings is 1. The molecule has 1 aromatic heterocycles. The second kappa shape index (κ2) is 6.02. The Balaban J connectivity index is 2.15. The van der Waals surface area contributed by atoms with Gasteiger partial charge in [-0.15, -0.1) is 0 Å². The number of amides is 1. The summed E-state index contributed by atoms with van der Waals surface area (Å²) in [5, 5.41) is 1.93. The van der Waals surface area contributed by atoms with Crippen LogP contribution in [0.1, 0.15) is 34.7 Å². The first-order valence-corrected chi connectivity index (χ1v) is 7.61. The quantitative estimate of drug-likeness (QED) is 0.921. The minimum absolute atomic E-state index is 0.0369. The maximum atomic E-state index is 12.9. The van der Waals surface area contributed by atoms with Crippen molar-refractivity contribution in [3.63, 3.8) is 0 Å². The third-order valence-electron chi connectivity index (χ3n) is 4.05. The molecule has 1 aromatic carbocycles. The van der Waals surface area contributed by atoms with E-state index in [1.807, 2.05) is 43.0 Å². The summed E-state index contributed by atoms with van der Waals surface area (Å²) < 4.78 is 5.32. The molecule has 1 saturated heterocycles. The summed E-state index contributed by atoms with van der Waals surface area (Å²) in [6, 6.07) is 7.77. The lowest BCUT2D eigenvalue weighted by Gasteiger charge is -2.27. The van der Waals surface area contributed by atoms with E-state index in [-0.39, 0.29) is 11.9 Å². The molecule has 1 atom stereocenters. The lowest BCUT2D eigenvalue weighted by molar-refractivity contribution is 0.0300. The van der Waals surface area contributed by atoms with E-state index in [0.29, 0.717) is 32.0 Å². The van der Waals surface area contributed by atoms with Crippen LogP contribution in [-0.4, -0.2) is 42.1 Å². The molecule has 5 nitrogen and oxygen atoms in total. The molecule has 1 fully saturated rings. The third kappa shape index (κ3) is 2.69. The first-order valence-electron chi connectivity index (χ1n) is 7.61. The highest BCUT2D eigenvalue weighted by atomic mass is 16.5. The zero-order chi connectivity index (χ0) is 15.7. The predicted octanol–water partition coefficient (Wildman–Crippen LogP) is 2.04. The van der Waals surface area contributed by atoms with Crippen molar-refractivity contribution < 1.29 is 9.53 Å². The Morgan fingerprint density at radius 2 is 2.09 bits per heavy atom. The van der Waals surface area contributed by atoms with Crippen molar-refractivity contribution in [2.24, 2.45) is 5.73 Å². The number of carbonyl (C=O) groups excluding carboxylic acids is 1. The van der Waals surface area contributed by atoms with Crippen LogP contribution < -0.4 is 5.73 Å². The van der Waals surface area contributed by atoms with Crippen LogP contribution in [-0.2, 0) is 4.74 Å². The Hall–Kier alpha value is -1.98. The fraction of sp³-hybridized carbons (Fsp3) is 0.412. The number of aryl methyl sites for hydroxylation is 1. The van der Waals surface area contributed by atoms with E-state index in [2.05, 4.69) is 4.98 Å². The van der Waals surface area contributed by atoms with Crippen LogP contribution in [0, 0.1) is 6.92 Å². The molecule has 0 aliphatic carbocycles.